The highest BCUT2D eigenvalue weighted by molar-refractivity contribution is 7.26. The molecule has 5 aromatic carbocycles. The molecule has 38 heavy (non-hydrogen) atoms. The van der Waals surface area contributed by atoms with Crippen molar-refractivity contribution >= 4 is 31.5 Å². The molecule has 7 aromatic rings. The van der Waals surface area contributed by atoms with Crippen molar-refractivity contribution in [2.45, 2.75) is 0 Å². The summed E-state index contributed by atoms with van der Waals surface area (Å²) in [6.45, 7) is 0. The van der Waals surface area contributed by atoms with Gasteiger partial charge < -0.3 is 0 Å². The minimum Gasteiger partial charge on any atom is -0.208 e. The van der Waals surface area contributed by atoms with Crippen molar-refractivity contribution < 1.29 is 4.39 Å². The second-order valence-electron chi connectivity index (χ2n) is 9.01. The number of benzene rings is 5. The molecule has 0 unspecified atom stereocenters. The van der Waals surface area contributed by atoms with Crippen LogP contribution in [-0.2, 0) is 0 Å². The van der Waals surface area contributed by atoms with Gasteiger partial charge in [0.15, 0.2) is 17.5 Å². The van der Waals surface area contributed by atoms with Crippen molar-refractivity contribution in [3.8, 4) is 45.3 Å². The number of hydrogen-bond acceptors (Lipinski definition) is 4. The molecule has 0 aliphatic heterocycles. The molecule has 0 N–H and O–H groups in total. The summed E-state index contributed by atoms with van der Waals surface area (Å²) in [5, 5.41) is 2.43. The average Bonchev–Trinajstić information content (AvgIpc) is 3.37. The van der Waals surface area contributed by atoms with Gasteiger partial charge in [-0.25, -0.2) is 19.3 Å². The summed E-state index contributed by atoms with van der Waals surface area (Å²) >= 11 is 1.75. The van der Waals surface area contributed by atoms with Gasteiger partial charge in [0.2, 0.25) is 0 Å². The van der Waals surface area contributed by atoms with Crippen LogP contribution in [0.3, 0.4) is 0 Å². The quantitative estimate of drug-likeness (QED) is 0.238. The second-order valence-corrected chi connectivity index (χ2v) is 10.1. The van der Waals surface area contributed by atoms with E-state index >= 15 is 4.39 Å². The monoisotopic (exact) mass is 509 g/mol. The molecular weight excluding hydrogens is 489 g/mol. The van der Waals surface area contributed by atoms with E-state index in [2.05, 4.69) is 42.5 Å². The number of nitrogens with zero attached hydrogens (tertiary/aromatic N) is 3. The first-order valence-electron chi connectivity index (χ1n) is 12.3. The van der Waals surface area contributed by atoms with E-state index in [9.17, 15) is 0 Å². The Morgan fingerprint density at radius 3 is 1.79 bits per heavy atom. The van der Waals surface area contributed by atoms with Crippen LogP contribution in [0.15, 0.2) is 121 Å². The first kappa shape index (κ1) is 22.5. The molecule has 0 aliphatic carbocycles. The first-order valence-corrected chi connectivity index (χ1v) is 13.1. The van der Waals surface area contributed by atoms with Crippen LogP contribution in [0.1, 0.15) is 0 Å². The Balaban J connectivity index is 1.43. The van der Waals surface area contributed by atoms with E-state index in [-0.39, 0.29) is 5.82 Å². The van der Waals surface area contributed by atoms with E-state index in [0.29, 0.717) is 23.0 Å². The molecule has 0 saturated heterocycles. The predicted molar refractivity (Wildman–Crippen MR) is 154 cm³/mol. The van der Waals surface area contributed by atoms with Gasteiger partial charge in [-0.05, 0) is 29.3 Å². The standard InChI is InChI=1S/C33H20FN3S/c34-28-19-18-23(24-15-9-16-26-25-14-7-8-17-29(25)38-30(24)26)20-27(28)33-36-31(21-10-3-1-4-11-21)35-32(37-33)22-12-5-2-6-13-22/h1-20H. The zero-order chi connectivity index (χ0) is 25.5. The predicted octanol–water partition coefficient (Wildman–Crippen LogP) is 9.05. The van der Waals surface area contributed by atoms with Gasteiger partial charge in [0.1, 0.15) is 5.82 Å². The Kier molecular flexibility index (Phi) is 5.49. The van der Waals surface area contributed by atoms with E-state index in [1.54, 1.807) is 11.3 Å². The molecule has 0 bridgehead atoms. The minimum atomic E-state index is -0.374. The Labute approximate surface area is 222 Å². The summed E-state index contributed by atoms with van der Waals surface area (Å²) in [7, 11) is 0. The third-order valence-electron chi connectivity index (χ3n) is 6.62. The zero-order valence-corrected chi connectivity index (χ0v) is 21.0. The van der Waals surface area contributed by atoms with Crippen molar-refractivity contribution in [2.75, 3.05) is 0 Å². The summed E-state index contributed by atoms with van der Waals surface area (Å²) in [5.41, 5.74) is 4.02. The molecule has 0 radical (unpaired) electrons. The lowest BCUT2D eigenvalue weighted by molar-refractivity contribution is 0.630. The first-order chi connectivity index (χ1) is 18.7. The van der Waals surface area contributed by atoms with Gasteiger partial charge in [0.05, 0.1) is 5.56 Å². The molecule has 0 fully saturated rings. The number of thiophene rings is 1. The zero-order valence-electron chi connectivity index (χ0n) is 20.2. The van der Waals surface area contributed by atoms with Gasteiger partial charge in [-0.3, -0.25) is 0 Å². The fraction of sp³-hybridized carbons (Fsp3) is 0. The van der Waals surface area contributed by atoms with Crippen LogP contribution in [0.5, 0.6) is 0 Å². The molecule has 0 saturated carbocycles. The summed E-state index contributed by atoms with van der Waals surface area (Å²) in [6, 6.07) is 39.3. The van der Waals surface area contributed by atoms with Crippen LogP contribution in [0.2, 0.25) is 0 Å². The highest BCUT2D eigenvalue weighted by Gasteiger charge is 2.17. The molecule has 0 amide bonds. The fourth-order valence-corrected chi connectivity index (χ4v) is 6.01. The molecule has 5 heteroatoms. The van der Waals surface area contributed by atoms with Crippen molar-refractivity contribution in [1.82, 2.24) is 15.0 Å². The second kappa shape index (κ2) is 9.29. The lowest BCUT2D eigenvalue weighted by Gasteiger charge is -2.11. The van der Waals surface area contributed by atoms with E-state index < -0.39 is 0 Å². The molecule has 0 aliphatic rings. The lowest BCUT2D eigenvalue weighted by atomic mass is 10.00. The minimum absolute atomic E-state index is 0.306. The fourth-order valence-electron chi connectivity index (χ4n) is 4.77. The normalized spacial score (nSPS) is 11.3. The molecule has 180 valence electrons. The number of hydrogen-bond donors (Lipinski definition) is 0. The summed E-state index contributed by atoms with van der Waals surface area (Å²) in [4.78, 5) is 14.2. The van der Waals surface area contributed by atoms with Crippen LogP contribution < -0.4 is 0 Å². The smallest absolute Gasteiger partial charge is 0.167 e. The molecular formula is C33H20FN3S. The van der Waals surface area contributed by atoms with Gasteiger partial charge in [0.25, 0.3) is 0 Å². The van der Waals surface area contributed by atoms with Crippen LogP contribution in [-0.4, -0.2) is 15.0 Å². The van der Waals surface area contributed by atoms with E-state index in [1.807, 2.05) is 72.8 Å². The van der Waals surface area contributed by atoms with E-state index in [4.69, 9.17) is 15.0 Å². The Hall–Kier alpha value is -4.74. The van der Waals surface area contributed by atoms with E-state index in [1.165, 1.54) is 26.2 Å². The topological polar surface area (TPSA) is 38.7 Å². The molecule has 0 atom stereocenters. The molecule has 3 nitrogen and oxygen atoms in total. The maximum Gasteiger partial charge on any atom is 0.167 e. The number of halogens is 1. The largest absolute Gasteiger partial charge is 0.208 e. The molecule has 2 heterocycles. The van der Waals surface area contributed by atoms with Gasteiger partial charge in [0, 0.05) is 31.3 Å². The summed E-state index contributed by atoms with van der Waals surface area (Å²) < 4.78 is 17.8. The number of rotatable bonds is 4. The van der Waals surface area contributed by atoms with Crippen LogP contribution >= 0.6 is 11.3 Å². The number of fused-ring (bicyclic) bond motifs is 3. The number of aromatic nitrogens is 3. The third kappa shape index (κ3) is 3.94. The maximum atomic E-state index is 15.4. The highest BCUT2D eigenvalue weighted by Crippen LogP contribution is 2.40. The lowest BCUT2D eigenvalue weighted by Crippen LogP contribution is -2.01. The maximum absolute atomic E-state index is 15.4. The summed E-state index contributed by atoms with van der Waals surface area (Å²) in [6.07, 6.45) is 0. The SMILES string of the molecule is Fc1ccc(-c2cccc3c2sc2ccccc23)cc1-c1nc(-c2ccccc2)nc(-c2ccccc2)n1. The Bertz CT molecular complexity index is 1870. The highest BCUT2D eigenvalue weighted by atomic mass is 32.1. The van der Waals surface area contributed by atoms with Crippen molar-refractivity contribution in [1.29, 1.82) is 0 Å². The Morgan fingerprint density at radius 2 is 1.08 bits per heavy atom. The summed E-state index contributed by atoms with van der Waals surface area (Å²) in [5.74, 6) is 0.943. The average molecular weight is 510 g/mol. The van der Waals surface area contributed by atoms with Crippen LogP contribution in [0, 0.1) is 5.82 Å². The van der Waals surface area contributed by atoms with Crippen molar-refractivity contribution in [3.63, 3.8) is 0 Å². The van der Waals surface area contributed by atoms with Gasteiger partial charge in [-0.15, -0.1) is 11.3 Å². The molecule has 2 aromatic heterocycles. The molecule has 0 spiro atoms. The Morgan fingerprint density at radius 1 is 0.474 bits per heavy atom. The van der Waals surface area contributed by atoms with Gasteiger partial charge in [-0.1, -0.05) is 103 Å². The third-order valence-corrected chi connectivity index (χ3v) is 7.84. The van der Waals surface area contributed by atoms with Crippen molar-refractivity contribution in [2.24, 2.45) is 0 Å². The van der Waals surface area contributed by atoms with Crippen molar-refractivity contribution in [3.05, 3.63) is 127 Å². The van der Waals surface area contributed by atoms with E-state index in [0.717, 1.165) is 22.3 Å². The van der Waals surface area contributed by atoms with Gasteiger partial charge >= 0.3 is 0 Å². The van der Waals surface area contributed by atoms with Crippen LogP contribution in [0.4, 0.5) is 4.39 Å². The van der Waals surface area contributed by atoms with Crippen LogP contribution in [0.25, 0.3) is 65.5 Å². The van der Waals surface area contributed by atoms with Gasteiger partial charge in [-0.2, -0.15) is 0 Å². The molecule has 7 rings (SSSR count).